The number of benzene rings is 1. The Kier molecular flexibility index (Phi) is 9.25. The first-order chi connectivity index (χ1) is 15.5. The molecule has 1 fully saturated rings. The monoisotopic (exact) mass is 461 g/mol. The van der Waals surface area contributed by atoms with Gasteiger partial charge in [0.2, 0.25) is 0 Å². The number of likely N-dealkylation sites (tertiary alicyclic amines) is 1. The second kappa shape index (κ2) is 11.7. The van der Waals surface area contributed by atoms with Gasteiger partial charge in [0.25, 0.3) is 11.8 Å². The van der Waals surface area contributed by atoms with Gasteiger partial charge in [0.15, 0.2) is 6.61 Å². The molecule has 3 amide bonds. The van der Waals surface area contributed by atoms with Gasteiger partial charge < -0.3 is 24.6 Å². The Bertz CT molecular complexity index is 835. The predicted octanol–water partition coefficient (Wildman–Crippen LogP) is 3.30. The molecule has 0 spiro atoms. The predicted molar refractivity (Wildman–Crippen MR) is 124 cm³/mol. The lowest BCUT2D eigenvalue weighted by molar-refractivity contribution is -0.153. The van der Waals surface area contributed by atoms with Crippen molar-refractivity contribution < 1.29 is 28.7 Å². The first-order valence-corrected chi connectivity index (χ1v) is 11.4. The van der Waals surface area contributed by atoms with Gasteiger partial charge in [-0.15, -0.1) is 0 Å². The van der Waals surface area contributed by atoms with E-state index in [0.717, 1.165) is 0 Å². The molecule has 1 aliphatic heterocycles. The van der Waals surface area contributed by atoms with Crippen molar-refractivity contribution >= 4 is 29.6 Å². The van der Waals surface area contributed by atoms with Crippen molar-refractivity contribution in [2.45, 2.75) is 53.1 Å². The second-order valence-electron chi connectivity index (χ2n) is 8.95. The summed E-state index contributed by atoms with van der Waals surface area (Å²) < 4.78 is 10.5. The summed E-state index contributed by atoms with van der Waals surface area (Å²) >= 11 is 0. The highest BCUT2D eigenvalue weighted by molar-refractivity contribution is 5.96. The maximum Gasteiger partial charge on any atom is 0.410 e. The van der Waals surface area contributed by atoms with Crippen LogP contribution in [0.2, 0.25) is 0 Å². The number of esters is 1. The van der Waals surface area contributed by atoms with E-state index in [1.807, 2.05) is 13.8 Å². The highest BCUT2D eigenvalue weighted by Crippen LogP contribution is 2.21. The maximum absolute atomic E-state index is 12.3. The van der Waals surface area contributed by atoms with Gasteiger partial charge >= 0.3 is 12.1 Å². The summed E-state index contributed by atoms with van der Waals surface area (Å²) in [5.41, 5.74) is 0.486. The van der Waals surface area contributed by atoms with Crippen LogP contribution >= 0.6 is 0 Å². The maximum atomic E-state index is 12.3. The summed E-state index contributed by atoms with van der Waals surface area (Å²) in [6.45, 7) is 10.9. The smallest absolute Gasteiger partial charge is 0.410 e. The van der Waals surface area contributed by atoms with E-state index in [4.69, 9.17) is 9.47 Å². The number of nitrogens with one attached hydrogen (secondary N) is 1. The number of hydrogen-bond acceptors (Lipinski definition) is 6. The normalized spacial score (nSPS) is 14.4. The van der Waals surface area contributed by atoms with Gasteiger partial charge in [-0.05, 0) is 71.7 Å². The Morgan fingerprint density at radius 3 is 2.12 bits per heavy atom. The van der Waals surface area contributed by atoms with Gasteiger partial charge in [-0.2, -0.15) is 0 Å². The van der Waals surface area contributed by atoms with Crippen molar-refractivity contribution in [2.75, 3.05) is 38.1 Å². The van der Waals surface area contributed by atoms with E-state index in [9.17, 15) is 19.2 Å². The number of ether oxygens (including phenoxy) is 2. The van der Waals surface area contributed by atoms with Gasteiger partial charge in [-0.3, -0.25) is 14.4 Å². The minimum Gasteiger partial charge on any atom is -0.455 e. The number of nitrogens with zero attached hydrogens (tertiary/aromatic N) is 2. The Morgan fingerprint density at radius 2 is 1.61 bits per heavy atom. The van der Waals surface area contributed by atoms with Gasteiger partial charge in [-0.25, -0.2) is 4.79 Å². The molecule has 182 valence electrons. The van der Waals surface area contributed by atoms with Crippen LogP contribution in [0.25, 0.3) is 0 Å². The summed E-state index contributed by atoms with van der Waals surface area (Å²) in [5.74, 6) is -1.34. The van der Waals surface area contributed by atoms with Crippen molar-refractivity contribution in [2.24, 2.45) is 5.92 Å². The summed E-state index contributed by atoms with van der Waals surface area (Å²) in [5, 5.41) is 2.66. The molecule has 0 bridgehead atoms. The van der Waals surface area contributed by atoms with Gasteiger partial charge in [0, 0.05) is 37.4 Å². The quantitative estimate of drug-likeness (QED) is 0.625. The zero-order valence-electron chi connectivity index (χ0n) is 20.2. The summed E-state index contributed by atoms with van der Waals surface area (Å²) in [7, 11) is 0. The number of piperidine rings is 1. The molecule has 1 N–H and O–H groups in total. The minimum absolute atomic E-state index is 0.0653. The van der Waals surface area contributed by atoms with Crippen molar-refractivity contribution in [3.05, 3.63) is 29.8 Å². The first kappa shape index (κ1) is 26.2. The Hall–Kier alpha value is -3.10. The van der Waals surface area contributed by atoms with E-state index in [1.54, 1.807) is 54.8 Å². The number of carbonyl (C=O) groups is 4. The van der Waals surface area contributed by atoms with Crippen LogP contribution in [0, 0.1) is 5.92 Å². The van der Waals surface area contributed by atoms with Gasteiger partial charge in [0.1, 0.15) is 5.60 Å². The summed E-state index contributed by atoms with van der Waals surface area (Å²) in [6, 6.07) is 6.59. The zero-order valence-corrected chi connectivity index (χ0v) is 20.2. The van der Waals surface area contributed by atoms with E-state index < -0.39 is 30.2 Å². The minimum atomic E-state index is -0.568. The molecule has 0 unspecified atom stereocenters. The molecule has 0 atom stereocenters. The molecule has 1 aromatic carbocycles. The third-order valence-corrected chi connectivity index (χ3v) is 5.29. The lowest BCUT2D eigenvalue weighted by Gasteiger charge is -2.32. The van der Waals surface area contributed by atoms with Gasteiger partial charge in [0.05, 0.1) is 5.92 Å². The Balaban J connectivity index is 1.76. The molecule has 0 saturated carbocycles. The summed E-state index contributed by atoms with van der Waals surface area (Å²) in [6.07, 6.45) is 0.530. The standard InChI is InChI=1S/C24H35N3O6/c1-6-26(7-2)21(29)17-8-10-19(11-9-17)25-20(28)16-32-22(30)18-12-14-27(15-13-18)23(31)33-24(3,4)5/h8-11,18H,6-7,12-16H2,1-5H3,(H,25,28). The SMILES string of the molecule is CCN(CC)C(=O)c1ccc(NC(=O)COC(=O)C2CCN(C(=O)OC(C)(C)C)CC2)cc1. The third-order valence-electron chi connectivity index (χ3n) is 5.29. The van der Waals surface area contributed by atoms with E-state index in [1.165, 1.54) is 0 Å². The Labute approximate surface area is 195 Å². The number of carbonyl (C=O) groups excluding carboxylic acids is 4. The molecule has 1 saturated heterocycles. The molecule has 1 aromatic rings. The zero-order chi connectivity index (χ0) is 24.6. The average molecular weight is 462 g/mol. The summed E-state index contributed by atoms with van der Waals surface area (Å²) in [4.78, 5) is 52.2. The van der Waals surface area contributed by atoms with Crippen LogP contribution in [0.1, 0.15) is 57.8 Å². The number of rotatable bonds is 7. The third kappa shape index (κ3) is 8.07. The van der Waals surface area contributed by atoms with E-state index in [-0.39, 0.29) is 11.8 Å². The number of anilines is 1. The van der Waals surface area contributed by atoms with E-state index in [2.05, 4.69) is 5.32 Å². The van der Waals surface area contributed by atoms with Gasteiger partial charge in [-0.1, -0.05) is 0 Å². The molecule has 9 nitrogen and oxygen atoms in total. The lowest BCUT2D eigenvalue weighted by atomic mass is 9.97. The lowest BCUT2D eigenvalue weighted by Crippen LogP contribution is -2.43. The fourth-order valence-corrected chi connectivity index (χ4v) is 3.47. The number of hydrogen-bond donors (Lipinski definition) is 1. The molecule has 9 heteroatoms. The second-order valence-corrected chi connectivity index (χ2v) is 8.95. The van der Waals surface area contributed by atoms with E-state index in [0.29, 0.717) is 50.3 Å². The molecule has 0 radical (unpaired) electrons. The van der Waals surface area contributed by atoms with Crippen molar-refractivity contribution in [1.29, 1.82) is 0 Å². The first-order valence-electron chi connectivity index (χ1n) is 11.4. The van der Waals surface area contributed by atoms with Crippen molar-refractivity contribution in [1.82, 2.24) is 9.80 Å². The van der Waals surface area contributed by atoms with Crippen molar-refractivity contribution in [3.63, 3.8) is 0 Å². The molecule has 1 aliphatic rings. The molecule has 0 aliphatic carbocycles. The van der Waals surface area contributed by atoms with E-state index >= 15 is 0 Å². The number of amides is 3. The van der Waals surface area contributed by atoms with Crippen molar-refractivity contribution in [3.8, 4) is 0 Å². The fraction of sp³-hybridized carbons (Fsp3) is 0.583. The fourth-order valence-electron chi connectivity index (χ4n) is 3.47. The molecule has 0 aromatic heterocycles. The Morgan fingerprint density at radius 1 is 1.03 bits per heavy atom. The van der Waals surface area contributed by atoms with Crippen LogP contribution in [0.3, 0.4) is 0 Å². The molecule has 33 heavy (non-hydrogen) atoms. The van der Waals surface area contributed by atoms with Crippen LogP contribution in [-0.2, 0) is 19.1 Å². The molecular weight excluding hydrogens is 426 g/mol. The largest absolute Gasteiger partial charge is 0.455 e. The molecular formula is C24H35N3O6. The highest BCUT2D eigenvalue weighted by atomic mass is 16.6. The van der Waals surface area contributed by atoms with Crippen LogP contribution < -0.4 is 5.32 Å². The van der Waals surface area contributed by atoms with Crippen LogP contribution in [0.4, 0.5) is 10.5 Å². The topological polar surface area (TPSA) is 105 Å². The van der Waals surface area contributed by atoms with Crippen LogP contribution in [-0.4, -0.2) is 72.1 Å². The molecule has 2 rings (SSSR count). The molecule has 1 heterocycles. The van der Waals surface area contributed by atoms with Crippen LogP contribution in [0.15, 0.2) is 24.3 Å². The highest BCUT2D eigenvalue weighted by Gasteiger charge is 2.31. The average Bonchev–Trinajstić information content (AvgIpc) is 2.77. The van der Waals surface area contributed by atoms with Crippen LogP contribution in [0.5, 0.6) is 0 Å².